The minimum Gasteiger partial charge on any atom is -0.455 e. The van der Waals surface area contributed by atoms with E-state index in [1.807, 2.05) is 17.4 Å². The van der Waals surface area contributed by atoms with Gasteiger partial charge < -0.3 is 9.32 Å². The molecule has 0 fully saturated rings. The summed E-state index contributed by atoms with van der Waals surface area (Å²) in [6.07, 6.45) is 0. The number of furan rings is 1. The summed E-state index contributed by atoms with van der Waals surface area (Å²) in [4.78, 5) is 2.47. The summed E-state index contributed by atoms with van der Waals surface area (Å²) in [6, 6.07) is 69.6. The third-order valence-corrected chi connectivity index (χ3v) is 15.4. The number of anilines is 3. The molecule has 0 N–H and O–H groups in total. The van der Waals surface area contributed by atoms with Crippen LogP contribution in [0.15, 0.2) is 192 Å². The van der Waals surface area contributed by atoms with Gasteiger partial charge in [0.05, 0.1) is 0 Å². The van der Waals surface area contributed by atoms with E-state index in [0.29, 0.717) is 0 Å². The molecule has 63 heavy (non-hydrogen) atoms. The zero-order valence-electron chi connectivity index (χ0n) is 35.7. The zero-order valence-corrected chi connectivity index (χ0v) is 36.5. The lowest BCUT2D eigenvalue weighted by molar-refractivity contribution is 0.660. The molecule has 2 aromatic heterocycles. The highest BCUT2D eigenvalue weighted by molar-refractivity contribution is 7.26. The van der Waals surface area contributed by atoms with Crippen molar-refractivity contribution >= 4 is 70.5 Å². The van der Waals surface area contributed by atoms with Crippen LogP contribution in [0.5, 0.6) is 0 Å². The van der Waals surface area contributed by atoms with Gasteiger partial charge in [-0.05, 0) is 116 Å². The van der Waals surface area contributed by atoms with Crippen LogP contribution in [0.2, 0.25) is 0 Å². The number of rotatable bonds is 5. The van der Waals surface area contributed by atoms with Gasteiger partial charge in [-0.3, -0.25) is 0 Å². The Morgan fingerprint density at radius 3 is 1.81 bits per heavy atom. The first-order valence-corrected chi connectivity index (χ1v) is 22.8. The predicted molar refractivity (Wildman–Crippen MR) is 267 cm³/mol. The fourth-order valence-electron chi connectivity index (χ4n) is 11.1. The van der Waals surface area contributed by atoms with Gasteiger partial charge in [0.1, 0.15) is 11.2 Å². The third-order valence-electron chi connectivity index (χ3n) is 14.3. The molecule has 0 bridgehead atoms. The average Bonchev–Trinajstić information content (AvgIpc) is 4.02. The number of hydrogen-bond donors (Lipinski definition) is 0. The molecule has 2 aliphatic rings. The maximum Gasteiger partial charge on any atom is 0.143 e. The van der Waals surface area contributed by atoms with Crippen LogP contribution in [-0.2, 0) is 10.8 Å². The van der Waals surface area contributed by atoms with Gasteiger partial charge in [-0.1, -0.05) is 161 Å². The number of para-hydroxylation sites is 2. The SMILES string of the molecule is CC1(C)c2ccccc2-c2ccc(N(c3ccc(-c4cccc5c4oc4ccccc45)cc3)c3ccc4c(c3)C(C)(C)c3cc5sc6ccccc6c5c(-c5ccccc5)c3-4)cc21. The fourth-order valence-corrected chi connectivity index (χ4v) is 12.3. The summed E-state index contributed by atoms with van der Waals surface area (Å²) in [5.41, 5.74) is 20.5. The molecule has 0 saturated carbocycles. The van der Waals surface area contributed by atoms with Gasteiger partial charge in [0.2, 0.25) is 0 Å². The molecule has 0 unspecified atom stereocenters. The van der Waals surface area contributed by atoms with Gasteiger partial charge in [-0.15, -0.1) is 11.3 Å². The van der Waals surface area contributed by atoms with E-state index >= 15 is 0 Å². The van der Waals surface area contributed by atoms with E-state index in [4.69, 9.17) is 4.42 Å². The van der Waals surface area contributed by atoms with E-state index < -0.39 is 0 Å². The van der Waals surface area contributed by atoms with Crippen LogP contribution in [0.1, 0.15) is 49.9 Å². The monoisotopic (exact) mass is 825 g/mol. The van der Waals surface area contributed by atoms with Crippen LogP contribution in [0.25, 0.3) is 86.6 Å². The minimum atomic E-state index is -0.239. The standard InChI is InChI=1S/C60H43NOS/c1-59(2)48-22-11-8-17-42(48)43-31-29-39(33-49(43)59)61(38-27-25-36(26-28-38)41-20-14-21-45-44-18-9-12-23-52(44)62-58(41)45)40-30-32-46-50(34-40)60(3,4)51-35-54-57(47-19-10-13-24-53(47)63-54)55(56(46)51)37-15-6-5-7-16-37/h5-35H,1-4H3. The number of benzene rings is 9. The van der Waals surface area contributed by atoms with E-state index in [1.54, 1.807) is 0 Å². The molecule has 2 nitrogen and oxygen atoms in total. The summed E-state index contributed by atoms with van der Waals surface area (Å²) in [5.74, 6) is 0. The maximum absolute atomic E-state index is 6.50. The van der Waals surface area contributed by atoms with Crippen LogP contribution in [0, 0.1) is 0 Å². The molecule has 11 aromatic rings. The maximum atomic E-state index is 6.50. The lowest BCUT2D eigenvalue weighted by Crippen LogP contribution is -2.18. The van der Waals surface area contributed by atoms with Gasteiger partial charge in [0.25, 0.3) is 0 Å². The number of fused-ring (bicyclic) bond motifs is 12. The van der Waals surface area contributed by atoms with Crippen molar-refractivity contribution in [2.24, 2.45) is 0 Å². The highest BCUT2D eigenvalue weighted by atomic mass is 32.1. The highest BCUT2D eigenvalue weighted by Gasteiger charge is 2.40. The van der Waals surface area contributed by atoms with Crippen molar-refractivity contribution in [2.45, 2.75) is 38.5 Å². The minimum absolute atomic E-state index is 0.130. The lowest BCUT2D eigenvalue weighted by atomic mass is 9.81. The molecule has 2 aliphatic carbocycles. The molecule has 0 amide bonds. The fraction of sp³-hybridized carbons (Fsp3) is 0.100. The van der Waals surface area contributed by atoms with Gasteiger partial charge in [0, 0.05) is 64.4 Å². The molecule has 300 valence electrons. The quantitative estimate of drug-likeness (QED) is 0.172. The van der Waals surface area contributed by atoms with Crippen molar-refractivity contribution in [1.82, 2.24) is 0 Å². The van der Waals surface area contributed by atoms with Crippen LogP contribution < -0.4 is 4.90 Å². The van der Waals surface area contributed by atoms with E-state index in [9.17, 15) is 0 Å². The van der Waals surface area contributed by atoms with Crippen LogP contribution in [0.4, 0.5) is 17.1 Å². The molecule has 0 saturated heterocycles. The molecule has 0 radical (unpaired) electrons. The molecular weight excluding hydrogens is 783 g/mol. The Balaban J connectivity index is 1.00. The second kappa shape index (κ2) is 13.2. The third kappa shape index (κ3) is 5.18. The van der Waals surface area contributed by atoms with E-state index in [1.165, 1.54) is 75.8 Å². The molecule has 0 atom stereocenters. The van der Waals surface area contributed by atoms with Gasteiger partial charge in [-0.2, -0.15) is 0 Å². The average molecular weight is 826 g/mol. The molecule has 9 aromatic carbocycles. The Morgan fingerprint density at radius 1 is 0.397 bits per heavy atom. The lowest BCUT2D eigenvalue weighted by Gasteiger charge is -2.30. The highest BCUT2D eigenvalue weighted by Crippen LogP contribution is 2.58. The number of hydrogen-bond acceptors (Lipinski definition) is 3. The Hall–Kier alpha value is -7.20. The van der Waals surface area contributed by atoms with Crippen molar-refractivity contribution in [3.05, 3.63) is 210 Å². The van der Waals surface area contributed by atoms with E-state index in [0.717, 1.165) is 50.1 Å². The molecular formula is C60H43NOS. The summed E-state index contributed by atoms with van der Waals surface area (Å²) < 4.78 is 9.18. The van der Waals surface area contributed by atoms with Gasteiger partial charge in [0.15, 0.2) is 0 Å². The Labute approximate surface area is 371 Å². The normalized spacial score (nSPS) is 14.3. The summed E-state index contributed by atoms with van der Waals surface area (Å²) >= 11 is 1.91. The summed E-state index contributed by atoms with van der Waals surface area (Å²) in [6.45, 7) is 9.57. The van der Waals surface area contributed by atoms with Crippen LogP contribution in [-0.4, -0.2) is 0 Å². The predicted octanol–water partition coefficient (Wildman–Crippen LogP) is 17.4. The van der Waals surface area contributed by atoms with E-state index in [2.05, 4.69) is 215 Å². The van der Waals surface area contributed by atoms with E-state index in [-0.39, 0.29) is 10.8 Å². The zero-order chi connectivity index (χ0) is 42.2. The van der Waals surface area contributed by atoms with Crippen molar-refractivity contribution < 1.29 is 4.42 Å². The largest absolute Gasteiger partial charge is 0.455 e. The van der Waals surface area contributed by atoms with Gasteiger partial charge in [-0.25, -0.2) is 0 Å². The Bertz CT molecular complexity index is 3680. The second-order valence-electron chi connectivity index (χ2n) is 18.4. The van der Waals surface area contributed by atoms with Gasteiger partial charge >= 0.3 is 0 Å². The topological polar surface area (TPSA) is 16.4 Å². The molecule has 0 aliphatic heterocycles. The molecule has 2 heterocycles. The van der Waals surface area contributed by atoms with Crippen molar-refractivity contribution in [1.29, 1.82) is 0 Å². The summed E-state index contributed by atoms with van der Waals surface area (Å²) in [5, 5.41) is 4.97. The smallest absolute Gasteiger partial charge is 0.143 e. The van der Waals surface area contributed by atoms with Crippen molar-refractivity contribution in [3.8, 4) is 44.5 Å². The molecule has 0 spiro atoms. The summed E-state index contributed by atoms with van der Waals surface area (Å²) in [7, 11) is 0. The first kappa shape index (κ1) is 36.5. The Morgan fingerprint density at radius 2 is 1.00 bits per heavy atom. The molecule has 3 heteroatoms. The first-order valence-electron chi connectivity index (χ1n) is 22.0. The Kier molecular flexibility index (Phi) is 7.61. The van der Waals surface area contributed by atoms with Crippen molar-refractivity contribution in [3.63, 3.8) is 0 Å². The van der Waals surface area contributed by atoms with Crippen LogP contribution >= 0.6 is 11.3 Å². The number of thiophene rings is 1. The first-order chi connectivity index (χ1) is 30.8. The second-order valence-corrected chi connectivity index (χ2v) is 19.5. The molecule has 13 rings (SSSR count). The van der Waals surface area contributed by atoms with Crippen molar-refractivity contribution in [2.75, 3.05) is 4.90 Å². The number of nitrogens with zero attached hydrogens (tertiary/aromatic N) is 1. The van der Waals surface area contributed by atoms with Crippen LogP contribution in [0.3, 0.4) is 0 Å².